The molecule has 0 N–H and O–H groups in total. The zero-order valence-electron chi connectivity index (χ0n) is 15.4. The van der Waals surface area contributed by atoms with Crippen LogP contribution in [0.4, 0.5) is 0 Å². The molecule has 0 aliphatic heterocycles. The zero-order chi connectivity index (χ0) is 17.9. The molecule has 0 heterocycles. The molecule has 0 amide bonds. The summed E-state index contributed by atoms with van der Waals surface area (Å²) in [7, 11) is 0. The molecule has 0 aliphatic carbocycles. The molecule has 0 unspecified atom stereocenters. The maximum absolute atomic E-state index is 2.32. The van der Waals surface area contributed by atoms with Gasteiger partial charge in [-0.05, 0) is 50.9 Å². The van der Waals surface area contributed by atoms with Crippen LogP contribution in [0.5, 0.6) is 0 Å². The van der Waals surface area contributed by atoms with Crippen molar-refractivity contribution in [3.8, 4) is 22.3 Å². The summed E-state index contributed by atoms with van der Waals surface area (Å²) in [6, 6.07) is 32.8. The standard InChI is InChI=1S/C26H24/c1-19(2)18-22-16-17-25(21-12-7-4-8-13-21)26-23(14-9-15-24(22)26)20-10-5-3-6-11-20/h3-17,19H,18H2,1-2H3. The van der Waals surface area contributed by atoms with Crippen molar-refractivity contribution in [1.29, 1.82) is 0 Å². The molecular formula is C26H24. The van der Waals surface area contributed by atoms with Crippen molar-refractivity contribution in [2.75, 3.05) is 0 Å². The summed E-state index contributed by atoms with van der Waals surface area (Å²) in [5, 5.41) is 2.74. The van der Waals surface area contributed by atoms with Crippen LogP contribution in [0.3, 0.4) is 0 Å². The van der Waals surface area contributed by atoms with Gasteiger partial charge in [-0.3, -0.25) is 0 Å². The third kappa shape index (κ3) is 3.15. The second-order valence-electron chi connectivity index (χ2n) is 7.33. The molecule has 0 radical (unpaired) electrons. The van der Waals surface area contributed by atoms with Crippen LogP contribution in [-0.2, 0) is 6.42 Å². The molecule has 128 valence electrons. The lowest BCUT2D eigenvalue weighted by molar-refractivity contribution is 0.650. The molecular weight excluding hydrogens is 312 g/mol. The van der Waals surface area contributed by atoms with Crippen LogP contribution in [0, 0.1) is 5.92 Å². The average Bonchev–Trinajstić information content (AvgIpc) is 2.69. The maximum Gasteiger partial charge on any atom is -0.00241 e. The van der Waals surface area contributed by atoms with Gasteiger partial charge in [0.1, 0.15) is 0 Å². The van der Waals surface area contributed by atoms with E-state index in [1.54, 1.807) is 0 Å². The SMILES string of the molecule is CC(C)Cc1ccc(-c2ccccc2)c2c(-c3ccccc3)cccc12. The second kappa shape index (κ2) is 7.17. The molecule has 26 heavy (non-hydrogen) atoms. The summed E-state index contributed by atoms with van der Waals surface area (Å²) in [6.45, 7) is 4.58. The number of rotatable bonds is 4. The Morgan fingerprint density at radius 3 is 1.73 bits per heavy atom. The Bertz CT molecular complexity index is 966. The molecule has 0 aliphatic rings. The third-order valence-corrected chi connectivity index (χ3v) is 4.93. The lowest BCUT2D eigenvalue weighted by Crippen LogP contribution is -1.97. The lowest BCUT2D eigenvalue weighted by Gasteiger charge is -2.17. The van der Waals surface area contributed by atoms with Crippen LogP contribution in [0.1, 0.15) is 19.4 Å². The quantitative estimate of drug-likeness (QED) is 0.365. The highest BCUT2D eigenvalue weighted by Crippen LogP contribution is 2.38. The van der Waals surface area contributed by atoms with E-state index in [2.05, 4.69) is 105 Å². The van der Waals surface area contributed by atoms with Crippen LogP contribution in [0.15, 0.2) is 91.0 Å². The van der Waals surface area contributed by atoms with E-state index in [4.69, 9.17) is 0 Å². The predicted octanol–water partition coefficient (Wildman–Crippen LogP) is 7.37. The van der Waals surface area contributed by atoms with Crippen molar-refractivity contribution in [3.63, 3.8) is 0 Å². The summed E-state index contributed by atoms with van der Waals surface area (Å²) in [5.74, 6) is 0.640. The topological polar surface area (TPSA) is 0 Å². The minimum Gasteiger partial charge on any atom is -0.0625 e. The first-order valence-electron chi connectivity index (χ1n) is 9.39. The van der Waals surface area contributed by atoms with Gasteiger partial charge in [0.15, 0.2) is 0 Å². The van der Waals surface area contributed by atoms with E-state index in [0.717, 1.165) is 6.42 Å². The fourth-order valence-corrected chi connectivity index (χ4v) is 3.80. The van der Waals surface area contributed by atoms with Crippen LogP contribution in [-0.4, -0.2) is 0 Å². The molecule has 0 heteroatoms. The number of hydrogen-bond acceptors (Lipinski definition) is 0. The van der Waals surface area contributed by atoms with Crippen LogP contribution in [0.2, 0.25) is 0 Å². The summed E-state index contributed by atoms with van der Waals surface area (Å²) in [4.78, 5) is 0. The first-order valence-corrected chi connectivity index (χ1v) is 9.39. The summed E-state index contributed by atoms with van der Waals surface area (Å²) >= 11 is 0. The van der Waals surface area contributed by atoms with E-state index < -0.39 is 0 Å². The Morgan fingerprint density at radius 1 is 0.577 bits per heavy atom. The Kier molecular flexibility index (Phi) is 4.58. The van der Waals surface area contributed by atoms with Crippen molar-refractivity contribution in [1.82, 2.24) is 0 Å². The van der Waals surface area contributed by atoms with Gasteiger partial charge in [0.2, 0.25) is 0 Å². The molecule has 4 aromatic carbocycles. The van der Waals surface area contributed by atoms with Gasteiger partial charge < -0.3 is 0 Å². The highest BCUT2D eigenvalue weighted by molar-refractivity contribution is 6.07. The van der Waals surface area contributed by atoms with E-state index >= 15 is 0 Å². The zero-order valence-corrected chi connectivity index (χ0v) is 15.4. The highest BCUT2D eigenvalue weighted by Gasteiger charge is 2.13. The molecule has 0 nitrogen and oxygen atoms in total. The minimum atomic E-state index is 0.640. The molecule has 4 aromatic rings. The van der Waals surface area contributed by atoms with Crippen LogP contribution >= 0.6 is 0 Å². The van der Waals surface area contributed by atoms with E-state index in [9.17, 15) is 0 Å². The van der Waals surface area contributed by atoms with Gasteiger partial charge in [0.25, 0.3) is 0 Å². The Hall–Kier alpha value is -2.86. The molecule has 0 aromatic heterocycles. The molecule has 4 rings (SSSR count). The van der Waals surface area contributed by atoms with Gasteiger partial charge in [-0.1, -0.05) is 105 Å². The van der Waals surface area contributed by atoms with Crippen molar-refractivity contribution < 1.29 is 0 Å². The van der Waals surface area contributed by atoms with Gasteiger partial charge in [-0.15, -0.1) is 0 Å². The highest BCUT2D eigenvalue weighted by atomic mass is 14.2. The largest absolute Gasteiger partial charge is 0.0625 e. The Morgan fingerprint density at radius 2 is 1.15 bits per heavy atom. The molecule has 0 spiro atoms. The van der Waals surface area contributed by atoms with Crippen LogP contribution < -0.4 is 0 Å². The lowest BCUT2D eigenvalue weighted by atomic mass is 9.87. The smallest absolute Gasteiger partial charge is 0.00241 e. The van der Waals surface area contributed by atoms with E-state index in [1.165, 1.54) is 38.6 Å². The fraction of sp³-hybridized carbons (Fsp3) is 0.154. The average molecular weight is 336 g/mol. The fourth-order valence-electron chi connectivity index (χ4n) is 3.80. The van der Waals surface area contributed by atoms with Gasteiger partial charge in [0.05, 0.1) is 0 Å². The third-order valence-electron chi connectivity index (χ3n) is 4.93. The molecule has 0 saturated carbocycles. The van der Waals surface area contributed by atoms with Crippen molar-refractivity contribution >= 4 is 10.8 Å². The Labute approximate surface area is 156 Å². The van der Waals surface area contributed by atoms with Crippen LogP contribution in [0.25, 0.3) is 33.0 Å². The molecule has 0 saturated heterocycles. The molecule has 0 fully saturated rings. The summed E-state index contributed by atoms with van der Waals surface area (Å²) in [5.41, 5.74) is 6.61. The normalized spacial score (nSPS) is 11.2. The summed E-state index contributed by atoms with van der Waals surface area (Å²) < 4.78 is 0. The van der Waals surface area contributed by atoms with Crippen molar-refractivity contribution in [2.24, 2.45) is 5.92 Å². The van der Waals surface area contributed by atoms with E-state index in [1.807, 2.05) is 0 Å². The van der Waals surface area contributed by atoms with Gasteiger partial charge in [0, 0.05) is 0 Å². The van der Waals surface area contributed by atoms with Gasteiger partial charge >= 0.3 is 0 Å². The van der Waals surface area contributed by atoms with Crippen molar-refractivity contribution in [2.45, 2.75) is 20.3 Å². The second-order valence-corrected chi connectivity index (χ2v) is 7.33. The molecule has 0 bridgehead atoms. The minimum absolute atomic E-state index is 0.640. The van der Waals surface area contributed by atoms with E-state index in [0.29, 0.717) is 5.92 Å². The van der Waals surface area contributed by atoms with Gasteiger partial charge in [-0.2, -0.15) is 0 Å². The first-order chi connectivity index (χ1) is 12.7. The number of fused-ring (bicyclic) bond motifs is 1. The monoisotopic (exact) mass is 336 g/mol. The molecule has 0 atom stereocenters. The number of benzene rings is 4. The van der Waals surface area contributed by atoms with Gasteiger partial charge in [-0.25, -0.2) is 0 Å². The summed E-state index contributed by atoms with van der Waals surface area (Å²) in [6.07, 6.45) is 1.10. The predicted molar refractivity (Wildman–Crippen MR) is 113 cm³/mol. The Balaban J connectivity index is 2.06. The first kappa shape index (κ1) is 16.6. The maximum atomic E-state index is 2.32. The number of hydrogen-bond donors (Lipinski definition) is 0. The van der Waals surface area contributed by atoms with Crippen molar-refractivity contribution in [3.05, 3.63) is 96.6 Å². The van der Waals surface area contributed by atoms with E-state index in [-0.39, 0.29) is 0 Å².